The van der Waals surface area contributed by atoms with Gasteiger partial charge in [-0.15, -0.1) is 0 Å². The van der Waals surface area contributed by atoms with Gasteiger partial charge in [0.1, 0.15) is 0 Å². The molecule has 4 nitrogen and oxygen atoms in total. The number of carbonyl (C=O) groups is 1. The zero-order chi connectivity index (χ0) is 17.5. The van der Waals surface area contributed by atoms with E-state index in [2.05, 4.69) is 13.8 Å². The van der Waals surface area contributed by atoms with Crippen LogP contribution >= 0.6 is 11.6 Å². The van der Waals surface area contributed by atoms with Crippen molar-refractivity contribution in [3.05, 3.63) is 22.7 Å². The average molecular weight is 354 g/mol. The van der Waals surface area contributed by atoms with Gasteiger partial charge in [-0.05, 0) is 44.2 Å². The molecule has 1 aliphatic heterocycles. The van der Waals surface area contributed by atoms with E-state index in [-0.39, 0.29) is 5.91 Å². The van der Waals surface area contributed by atoms with Gasteiger partial charge in [0, 0.05) is 18.7 Å². The van der Waals surface area contributed by atoms with Crippen LogP contribution in [0.25, 0.3) is 0 Å². The number of halogens is 1. The number of nitrogens with zero attached hydrogens (tertiary/aromatic N) is 1. The SMILES string of the molecule is CCCCOc1c(Cl)cc(C(=O)N2CCCC(C)C2)cc1OCC. The van der Waals surface area contributed by atoms with Crippen molar-refractivity contribution in [2.45, 2.75) is 46.5 Å². The Kier molecular flexibility index (Phi) is 7.22. The van der Waals surface area contributed by atoms with Crippen LogP contribution in [0, 0.1) is 5.92 Å². The summed E-state index contributed by atoms with van der Waals surface area (Å²) in [6, 6.07) is 3.46. The zero-order valence-electron chi connectivity index (χ0n) is 14.9. The number of benzene rings is 1. The topological polar surface area (TPSA) is 38.8 Å². The summed E-state index contributed by atoms with van der Waals surface area (Å²) in [4.78, 5) is 14.7. The van der Waals surface area contributed by atoms with E-state index in [0.717, 1.165) is 32.4 Å². The molecule has 1 saturated heterocycles. The van der Waals surface area contributed by atoms with Crippen molar-refractivity contribution in [3.8, 4) is 11.5 Å². The van der Waals surface area contributed by atoms with E-state index in [1.54, 1.807) is 12.1 Å². The van der Waals surface area contributed by atoms with Gasteiger partial charge in [0.15, 0.2) is 11.5 Å². The summed E-state index contributed by atoms with van der Waals surface area (Å²) < 4.78 is 11.4. The number of likely N-dealkylation sites (tertiary alicyclic amines) is 1. The second kappa shape index (κ2) is 9.16. The van der Waals surface area contributed by atoms with E-state index in [1.165, 1.54) is 6.42 Å². The van der Waals surface area contributed by atoms with Crippen molar-refractivity contribution < 1.29 is 14.3 Å². The summed E-state index contributed by atoms with van der Waals surface area (Å²) in [5, 5.41) is 0.436. The first-order valence-electron chi connectivity index (χ1n) is 8.95. The molecule has 134 valence electrons. The summed E-state index contributed by atoms with van der Waals surface area (Å²) in [6.45, 7) is 8.89. The molecule has 1 aromatic carbocycles. The fourth-order valence-electron chi connectivity index (χ4n) is 2.97. The van der Waals surface area contributed by atoms with Crippen LogP contribution < -0.4 is 9.47 Å². The van der Waals surface area contributed by atoms with Crippen LogP contribution in [0.5, 0.6) is 11.5 Å². The van der Waals surface area contributed by atoms with E-state index < -0.39 is 0 Å². The number of piperidine rings is 1. The van der Waals surface area contributed by atoms with E-state index in [1.807, 2.05) is 11.8 Å². The zero-order valence-corrected chi connectivity index (χ0v) is 15.7. The minimum absolute atomic E-state index is 0.0181. The van der Waals surface area contributed by atoms with Gasteiger partial charge in [0.2, 0.25) is 0 Å². The van der Waals surface area contributed by atoms with Crippen LogP contribution in [0.1, 0.15) is 56.8 Å². The Hall–Kier alpha value is -1.42. The molecule has 0 bridgehead atoms. The third-order valence-corrected chi connectivity index (χ3v) is 4.53. The number of hydrogen-bond acceptors (Lipinski definition) is 3. The van der Waals surface area contributed by atoms with Gasteiger partial charge in [0.25, 0.3) is 5.91 Å². The Labute approximate surface area is 150 Å². The van der Waals surface area contributed by atoms with Crippen LogP contribution in [0.4, 0.5) is 0 Å². The number of ether oxygens (including phenoxy) is 2. The van der Waals surface area contributed by atoms with Crippen LogP contribution in [0.2, 0.25) is 5.02 Å². The first-order valence-corrected chi connectivity index (χ1v) is 9.33. The largest absolute Gasteiger partial charge is 0.490 e. The molecule has 0 spiro atoms. The minimum atomic E-state index is 0.0181. The van der Waals surface area contributed by atoms with Crippen molar-refractivity contribution >= 4 is 17.5 Å². The second-order valence-corrected chi connectivity index (χ2v) is 6.83. The highest BCUT2D eigenvalue weighted by atomic mass is 35.5. The Morgan fingerprint density at radius 3 is 2.79 bits per heavy atom. The lowest BCUT2D eigenvalue weighted by Crippen LogP contribution is -2.39. The van der Waals surface area contributed by atoms with Crippen molar-refractivity contribution in [1.29, 1.82) is 0 Å². The molecule has 1 aromatic rings. The van der Waals surface area contributed by atoms with Gasteiger partial charge in [-0.25, -0.2) is 0 Å². The van der Waals surface area contributed by atoms with Crippen molar-refractivity contribution in [2.75, 3.05) is 26.3 Å². The van der Waals surface area contributed by atoms with Gasteiger partial charge in [-0.2, -0.15) is 0 Å². The number of unbranched alkanes of at least 4 members (excludes halogenated alkanes) is 1. The average Bonchev–Trinajstić information content (AvgIpc) is 2.56. The predicted octanol–water partition coefficient (Wildman–Crippen LogP) is 4.79. The highest BCUT2D eigenvalue weighted by Gasteiger charge is 2.24. The molecular weight excluding hydrogens is 326 g/mol. The van der Waals surface area contributed by atoms with E-state index in [4.69, 9.17) is 21.1 Å². The summed E-state index contributed by atoms with van der Waals surface area (Å²) >= 11 is 6.39. The lowest BCUT2D eigenvalue weighted by atomic mass is 9.99. The van der Waals surface area contributed by atoms with Crippen LogP contribution in [0.3, 0.4) is 0 Å². The maximum absolute atomic E-state index is 12.8. The highest BCUT2D eigenvalue weighted by Crippen LogP contribution is 2.37. The lowest BCUT2D eigenvalue weighted by molar-refractivity contribution is 0.0682. The number of amides is 1. The Bertz CT molecular complexity index is 562. The maximum Gasteiger partial charge on any atom is 0.254 e. The number of carbonyl (C=O) groups excluding carboxylic acids is 1. The van der Waals surface area contributed by atoms with Crippen molar-refractivity contribution in [2.24, 2.45) is 5.92 Å². The van der Waals surface area contributed by atoms with E-state index >= 15 is 0 Å². The third-order valence-electron chi connectivity index (χ3n) is 4.24. The van der Waals surface area contributed by atoms with Crippen LogP contribution in [-0.4, -0.2) is 37.1 Å². The summed E-state index contributed by atoms with van der Waals surface area (Å²) in [6.07, 6.45) is 4.23. The first kappa shape index (κ1) is 18.9. The van der Waals surface area contributed by atoms with Crippen molar-refractivity contribution in [3.63, 3.8) is 0 Å². The Morgan fingerprint density at radius 1 is 1.33 bits per heavy atom. The normalized spacial score (nSPS) is 17.7. The molecule has 1 heterocycles. The maximum atomic E-state index is 12.8. The number of rotatable bonds is 7. The molecule has 5 heteroatoms. The summed E-state index contributed by atoms with van der Waals surface area (Å²) in [5.41, 5.74) is 0.570. The van der Waals surface area contributed by atoms with Crippen LogP contribution in [0.15, 0.2) is 12.1 Å². The molecule has 0 saturated carbocycles. The van der Waals surface area contributed by atoms with Gasteiger partial charge in [0.05, 0.1) is 18.2 Å². The Balaban J connectivity index is 2.22. The van der Waals surface area contributed by atoms with E-state index in [0.29, 0.717) is 41.2 Å². The van der Waals surface area contributed by atoms with Gasteiger partial charge >= 0.3 is 0 Å². The molecular formula is C19H28ClNO3. The monoisotopic (exact) mass is 353 g/mol. The molecule has 1 amide bonds. The summed E-state index contributed by atoms with van der Waals surface area (Å²) in [7, 11) is 0. The van der Waals surface area contributed by atoms with Gasteiger partial charge in [-0.1, -0.05) is 31.9 Å². The molecule has 24 heavy (non-hydrogen) atoms. The first-order chi connectivity index (χ1) is 11.6. The second-order valence-electron chi connectivity index (χ2n) is 6.42. The number of hydrogen-bond donors (Lipinski definition) is 0. The van der Waals surface area contributed by atoms with Crippen LogP contribution in [-0.2, 0) is 0 Å². The highest BCUT2D eigenvalue weighted by molar-refractivity contribution is 6.32. The van der Waals surface area contributed by atoms with E-state index in [9.17, 15) is 4.79 Å². The lowest BCUT2D eigenvalue weighted by Gasteiger charge is -2.31. The molecule has 1 unspecified atom stereocenters. The molecule has 0 aliphatic carbocycles. The summed E-state index contributed by atoms with van der Waals surface area (Å²) in [5.74, 6) is 1.65. The fraction of sp³-hybridized carbons (Fsp3) is 0.632. The molecule has 0 aromatic heterocycles. The Morgan fingerprint density at radius 2 is 2.12 bits per heavy atom. The molecule has 0 radical (unpaired) electrons. The molecule has 1 atom stereocenters. The van der Waals surface area contributed by atoms with Crippen molar-refractivity contribution in [1.82, 2.24) is 4.90 Å². The standard InChI is InChI=1S/C19H28ClNO3/c1-4-6-10-24-18-16(20)11-15(12-17(18)23-5-2)19(22)21-9-7-8-14(3)13-21/h11-12,14H,4-10,13H2,1-3H3. The predicted molar refractivity (Wildman–Crippen MR) is 97.3 cm³/mol. The third kappa shape index (κ3) is 4.79. The molecule has 2 rings (SSSR count). The van der Waals surface area contributed by atoms with Gasteiger partial charge < -0.3 is 14.4 Å². The fourth-order valence-corrected chi connectivity index (χ4v) is 3.23. The molecule has 0 N–H and O–H groups in total. The molecule has 1 fully saturated rings. The smallest absolute Gasteiger partial charge is 0.254 e. The minimum Gasteiger partial charge on any atom is -0.490 e. The van der Waals surface area contributed by atoms with Gasteiger partial charge in [-0.3, -0.25) is 4.79 Å². The quantitative estimate of drug-likeness (QED) is 0.661. The molecule has 1 aliphatic rings.